The maximum atomic E-state index is 10.4. The van der Waals surface area contributed by atoms with Gasteiger partial charge >= 0.3 is 5.97 Å². The predicted molar refractivity (Wildman–Crippen MR) is 88.7 cm³/mol. The van der Waals surface area contributed by atoms with Gasteiger partial charge in [-0.1, -0.05) is 64.7 Å². The second-order valence-electron chi connectivity index (χ2n) is 6.15. The van der Waals surface area contributed by atoms with E-state index in [4.69, 9.17) is 9.84 Å². The molecule has 0 aromatic rings. The molecule has 0 heterocycles. The fourth-order valence-corrected chi connectivity index (χ4v) is 2.49. The standard InChI is InChI=1S/C18H36O3/c1-3-4-5-6-10-13-16-21-17(2)14-11-8-7-9-12-15-18(19)20/h17H,3-16H2,1-2H3,(H,19,20). The van der Waals surface area contributed by atoms with Gasteiger partial charge in [-0.2, -0.15) is 0 Å². The largest absolute Gasteiger partial charge is 0.481 e. The molecule has 1 N–H and O–H groups in total. The minimum Gasteiger partial charge on any atom is -0.481 e. The molecule has 3 heteroatoms. The summed E-state index contributed by atoms with van der Waals surface area (Å²) < 4.78 is 5.83. The van der Waals surface area contributed by atoms with E-state index in [1.807, 2.05) is 0 Å². The zero-order valence-electron chi connectivity index (χ0n) is 14.2. The van der Waals surface area contributed by atoms with Crippen molar-refractivity contribution in [2.75, 3.05) is 6.61 Å². The third-order valence-corrected chi connectivity index (χ3v) is 3.90. The Labute approximate surface area is 131 Å². The van der Waals surface area contributed by atoms with Crippen molar-refractivity contribution in [1.29, 1.82) is 0 Å². The van der Waals surface area contributed by atoms with Gasteiger partial charge in [0, 0.05) is 13.0 Å². The Morgan fingerprint density at radius 1 is 0.905 bits per heavy atom. The summed E-state index contributed by atoms with van der Waals surface area (Å²) in [6, 6.07) is 0. The number of rotatable bonds is 16. The van der Waals surface area contributed by atoms with Crippen molar-refractivity contribution in [2.24, 2.45) is 0 Å². The first kappa shape index (κ1) is 20.4. The van der Waals surface area contributed by atoms with Gasteiger partial charge in [-0.25, -0.2) is 0 Å². The van der Waals surface area contributed by atoms with Crippen LogP contribution in [-0.2, 0) is 9.53 Å². The summed E-state index contributed by atoms with van der Waals surface area (Å²) in [5.74, 6) is -0.674. The Morgan fingerprint density at radius 3 is 2.14 bits per heavy atom. The van der Waals surface area contributed by atoms with Gasteiger partial charge in [0.1, 0.15) is 0 Å². The maximum Gasteiger partial charge on any atom is 0.303 e. The number of aliphatic carboxylic acids is 1. The first-order valence-electron chi connectivity index (χ1n) is 9.00. The van der Waals surface area contributed by atoms with Crippen LogP contribution in [0.3, 0.4) is 0 Å². The van der Waals surface area contributed by atoms with Crippen LogP contribution in [0.25, 0.3) is 0 Å². The van der Waals surface area contributed by atoms with Crippen LogP contribution in [0.2, 0.25) is 0 Å². The van der Waals surface area contributed by atoms with E-state index in [2.05, 4.69) is 13.8 Å². The Bertz CT molecular complexity index is 229. The molecule has 0 spiro atoms. The van der Waals surface area contributed by atoms with Crippen LogP contribution in [0.15, 0.2) is 0 Å². The fraction of sp³-hybridized carbons (Fsp3) is 0.944. The van der Waals surface area contributed by atoms with Crippen LogP contribution in [-0.4, -0.2) is 23.8 Å². The second kappa shape index (κ2) is 15.8. The predicted octanol–water partition coefficient (Wildman–Crippen LogP) is 5.57. The van der Waals surface area contributed by atoms with Crippen molar-refractivity contribution in [3.05, 3.63) is 0 Å². The van der Waals surface area contributed by atoms with E-state index in [9.17, 15) is 4.79 Å². The van der Waals surface area contributed by atoms with E-state index in [0.717, 1.165) is 32.3 Å². The number of hydrogen-bond donors (Lipinski definition) is 1. The zero-order valence-corrected chi connectivity index (χ0v) is 14.2. The summed E-state index contributed by atoms with van der Waals surface area (Å²) in [5, 5.41) is 8.54. The molecule has 0 aromatic carbocycles. The molecular weight excluding hydrogens is 264 g/mol. The molecule has 21 heavy (non-hydrogen) atoms. The number of carbonyl (C=O) groups is 1. The molecule has 0 aromatic heterocycles. The lowest BCUT2D eigenvalue weighted by molar-refractivity contribution is -0.137. The lowest BCUT2D eigenvalue weighted by Crippen LogP contribution is -2.09. The van der Waals surface area contributed by atoms with Crippen molar-refractivity contribution < 1.29 is 14.6 Å². The van der Waals surface area contributed by atoms with Crippen LogP contribution >= 0.6 is 0 Å². The maximum absolute atomic E-state index is 10.4. The van der Waals surface area contributed by atoms with E-state index in [1.165, 1.54) is 51.4 Å². The van der Waals surface area contributed by atoms with E-state index < -0.39 is 5.97 Å². The summed E-state index contributed by atoms with van der Waals surface area (Å²) in [5.41, 5.74) is 0. The Hall–Kier alpha value is -0.570. The van der Waals surface area contributed by atoms with E-state index >= 15 is 0 Å². The number of hydrogen-bond acceptors (Lipinski definition) is 2. The van der Waals surface area contributed by atoms with Crippen LogP contribution in [0.1, 0.15) is 97.3 Å². The van der Waals surface area contributed by atoms with Gasteiger partial charge < -0.3 is 9.84 Å². The molecule has 1 atom stereocenters. The average molecular weight is 300 g/mol. The summed E-state index contributed by atoms with van der Waals surface area (Å²) in [6.45, 7) is 5.32. The fourth-order valence-electron chi connectivity index (χ4n) is 2.49. The lowest BCUT2D eigenvalue weighted by atomic mass is 10.1. The first-order chi connectivity index (χ1) is 10.2. The number of ether oxygens (including phenoxy) is 1. The van der Waals surface area contributed by atoms with Crippen LogP contribution in [0.4, 0.5) is 0 Å². The Kier molecular flexibility index (Phi) is 15.4. The molecule has 0 amide bonds. The minimum absolute atomic E-state index is 0.317. The van der Waals surface area contributed by atoms with Crippen molar-refractivity contribution >= 4 is 5.97 Å². The summed E-state index contributed by atoms with van der Waals surface area (Å²) in [7, 11) is 0. The zero-order chi connectivity index (χ0) is 15.8. The molecule has 0 saturated carbocycles. The molecule has 0 saturated heterocycles. The average Bonchev–Trinajstić information content (AvgIpc) is 2.45. The summed E-state index contributed by atoms with van der Waals surface area (Å²) >= 11 is 0. The molecule has 0 aliphatic carbocycles. The topological polar surface area (TPSA) is 46.5 Å². The highest BCUT2D eigenvalue weighted by Crippen LogP contribution is 2.11. The van der Waals surface area contributed by atoms with Crippen molar-refractivity contribution in [3.63, 3.8) is 0 Å². The number of carboxylic acids is 1. The molecule has 0 fully saturated rings. The van der Waals surface area contributed by atoms with Gasteiger partial charge in [0.25, 0.3) is 0 Å². The molecule has 0 bridgehead atoms. The first-order valence-corrected chi connectivity index (χ1v) is 9.00. The Morgan fingerprint density at radius 2 is 1.48 bits per heavy atom. The van der Waals surface area contributed by atoms with Crippen molar-refractivity contribution in [2.45, 2.75) is 103 Å². The molecule has 3 nitrogen and oxygen atoms in total. The monoisotopic (exact) mass is 300 g/mol. The molecule has 0 rings (SSSR count). The van der Waals surface area contributed by atoms with Crippen molar-refractivity contribution in [1.82, 2.24) is 0 Å². The third-order valence-electron chi connectivity index (χ3n) is 3.90. The van der Waals surface area contributed by atoms with Gasteiger partial charge in [-0.15, -0.1) is 0 Å². The highest BCUT2D eigenvalue weighted by atomic mass is 16.5. The normalized spacial score (nSPS) is 12.5. The van der Waals surface area contributed by atoms with Gasteiger partial charge in [0.15, 0.2) is 0 Å². The molecule has 1 unspecified atom stereocenters. The molecular formula is C18H36O3. The van der Waals surface area contributed by atoms with Gasteiger partial charge in [-0.05, 0) is 26.2 Å². The SMILES string of the molecule is CCCCCCCCOC(C)CCCCCCCC(=O)O. The van der Waals surface area contributed by atoms with Crippen LogP contribution in [0, 0.1) is 0 Å². The quantitative estimate of drug-likeness (QED) is 0.379. The number of unbranched alkanes of at least 4 members (excludes halogenated alkanes) is 9. The van der Waals surface area contributed by atoms with Crippen LogP contribution in [0.5, 0.6) is 0 Å². The van der Waals surface area contributed by atoms with E-state index in [-0.39, 0.29) is 0 Å². The Balaban J connectivity index is 3.16. The lowest BCUT2D eigenvalue weighted by Gasteiger charge is -2.12. The second-order valence-corrected chi connectivity index (χ2v) is 6.15. The molecule has 0 aliphatic rings. The van der Waals surface area contributed by atoms with E-state index in [0.29, 0.717) is 12.5 Å². The van der Waals surface area contributed by atoms with Gasteiger partial charge in [0.2, 0.25) is 0 Å². The summed E-state index contributed by atoms with van der Waals surface area (Å²) in [6.07, 6.45) is 15.1. The summed E-state index contributed by atoms with van der Waals surface area (Å²) in [4.78, 5) is 10.4. The van der Waals surface area contributed by atoms with Gasteiger partial charge in [0.05, 0.1) is 6.10 Å². The minimum atomic E-state index is -0.674. The highest BCUT2D eigenvalue weighted by molar-refractivity contribution is 5.66. The van der Waals surface area contributed by atoms with Crippen LogP contribution < -0.4 is 0 Å². The third kappa shape index (κ3) is 17.4. The number of carboxylic acid groups (broad SMARTS) is 1. The molecule has 0 radical (unpaired) electrons. The molecule has 0 aliphatic heterocycles. The molecule has 126 valence electrons. The van der Waals surface area contributed by atoms with Gasteiger partial charge in [-0.3, -0.25) is 4.79 Å². The smallest absolute Gasteiger partial charge is 0.303 e. The highest BCUT2D eigenvalue weighted by Gasteiger charge is 2.02. The van der Waals surface area contributed by atoms with E-state index in [1.54, 1.807) is 0 Å². The van der Waals surface area contributed by atoms with Crippen molar-refractivity contribution in [3.8, 4) is 0 Å².